The summed E-state index contributed by atoms with van der Waals surface area (Å²) in [7, 11) is 0. The smallest absolute Gasteiger partial charge is 0.329 e. The summed E-state index contributed by atoms with van der Waals surface area (Å²) in [6.45, 7) is 0.787. The third-order valence-electron chi connectivity index (χ3n) is 4.14. The van der Waals surface area contributed by atoms with Crippen LogP contribution in [0.15, 0.2) is 65.1 Å². The van der Waals surface area contributed by atoms with Gasteiger partial charge in [-0.3, -0.25) is 0 Å². The summed E-state index contributed by atoms with van der Waals surface area (Å²) in [4.78, 5) is 14.4. The van der Waals surface area contributed by atoms with Crippen LogP contribution in [0.5, 0.6) is 0 Å². The number of allylic oxidation sites excluding steroid dienone is 3. The van der Waals surface area contributed by atoms with Crippen molar-refractivity contribution in [2.45, 2.75) is 29.0 Å². The van der Waals surface area contributed by atoms with Crippen LogP contribution in [0.1, 0.15) is 12.8 Å². The van der Waals surface area contributed by atoms with Gasteiger partial charge in [-0.15, -0.1) is 11.8 Å². The lowest BCUT2D eigenvalue weighted by Crippen LogP contribution is -2.44. The maximum Gasteiger partial charge on any atom is 0.329 e. The molecule has 0 amide bonds. The van der Waals surface area contributed by atoms with Gasteiger partial charge < -0.3 is 10.0 Å². The molecule has 0 fully saturated rings. The number of aliphatic carboxylic acids is 1. The van der Waals surface area contributed by atoms with Crippen molar-refractivity contribution in [2.24, 2.45) is 0 Å². The van der Waals surface area contributed by atoms with Gasteiger partial charge in [0.15, 0.2) is 0 Å². The standard InChI is InChI=1S/C19H18N2O2S/c20-13-14(12-19(22)23)6-5-11-21-15-7-1-3-9-17(15)24-18-10-4-2-8-16(18)21/h1-4,7-10,12,15,17H,5-6,11H2,(H,22,23). The molecule has 0 saturated carbocycles. The summed E-state index contributed by atoms with van der Waals surface area (Å²) in [5.41, 5.74) is 1.53. The van der Waals surface area contributed by atoms with Gasteiger partial charge in [0, 0.05) is 23.1 Å². The fourth-order valence-corrected chi connectivity index (χ4v) is 4.39. The SMILES string of the molecule is N#CC(=CC(=O)O)CCCN1c2ccccc2SC2C=CC=CC21. The Hall–Kier alpha value is -2.45. The molecule has 0 bridgehead atoms. The second-order valence-electron chi connectivity index (χ2n) is 5.73. The Kier molecular flexibility index (Phi) is 5.07. The van der Waals surface area contributed by atoms with Gasteiger partial charge in [0.05, 0.1) is 23.0 Å². The summed E-state index contributed by atoms with van der Waals surface area (Å²) in [6.07, 6.45) is 10.8. The average molecular weight is 338 g/mol. The van der Waals surface area contributed by atoms with E-state index >= 15 is 0 Å². The predicted molar refractivity (Wildman–Crippen MR) is 96.1 cm³/mol. The number of carboxylic acid groups (broad SMARTS) is 1. The molecule has 2 unspecified atom stereocenters. The highest BCUT2D eigenvalue weighted by Crippen LogP contribution is 2.43. The number of hydrogen-bond donors (Lipinski definition) is 1. The number of nitrogens with zero attached hydrogens (tertiary/aromatic N) is 2. The van der Waals surface area contributed by atoms with Gasteiger partial charge in [-0.1, -0.05) is 36.4 Å². The number of carbonyl (C=O) groups is 1. The van der Waals surface area contributed by atoms with Gasteiger partial charge in [-0.05, 0) is 25.0 Å². The molecule has 4 nitrogen and oxygen atoms in total. The summed E-state index contributed by atoms with van der Waals surface area (Å²) in [6, 6.07) is 10.6. The van der Waals surface area contributed by atoms with Crippen molar-refractivity contribution < 1.29 is 9.90 Å². The number of fused-ring (bicyclic) bond motifs is 2. The van der Waals surface area contributed by atoms with Crippen molar-refractivity contribution >= 4 is 23.4 Å². The van der Waals surface area contributed by atoms with E-state index in [0.29, 0.717) is 23.3 Å². The highest BCUT2D eigenvalue weighted by Gasteiger charge is 2.32. The van der Waals surface area contributed by atoms with Crippen LogP contribution in [0.4, 0.5) is 5.69 Å². The Balaban J connectivity index is 1.76. The van der Waals surface area contributed by atoms with E-state index < -0.39 is 5.97 Å². The number of thioether (sulfide) groups is 1. The molecule has 3 rings (SSSR count). The molecule has 2 atom stereocenters. The molecule has 2 aliphatic rings. The molecule has 5 heteroatoms. The molecule has 1 aromatic carbocycles. The van der Waals surface area contributed by atoms with Crippen molar-refractivity contribution in [3.8, 4) is 6.07 Å². The van der Waals surface area contributed by atoms with E-state index in [0.717, 1.165) is 19.0 Å². The molecule has 1 N–H and O–H groups in total. The van der Waals surface area contributed by atoms with Crippen LogP contribution < -0.4 is 4.90 Å². The van der Waals surface area contributed by atoms with Gasteiger partial charge in [-0.25, -0.2) is 4.79 Å². The number of anilines is 1. The van der Waals surface area contributed by atoms with Gasteiger partial charge in [0.1, 0.15) is 0 Å². The normalized spacial score (nSPS) is 21.8. The number of carboxylic acids is 1. The van der Waals surface area contributed by atoms with Gasteiger partial charge in [0.25, 0.3) is 0 Å². The van der Waals surface area contributed by atoms with Crippen molar-refractivity contribution in [3.05, 3.63) is 60.2 Å². The van der Waals surface area contributed by atoms with Crippen LogP contribution in [0, 0.1) is 11.3 Å². The minimum absolute atomic E-state index is 0.295. The van der Waals surface area contributed by atoms with Gasteiger partial charge >= 0.3 is 5.97 Å². The number of benzene rings is 1. The summed E-state index contributed by atoms with van der Waals surface area (Å²) in [5, 5.41) is 18.2. The first-order valence-corrected chi connectivity index (χ1v) is 8.78. The maximum absolute atomic E-state index is 10.7. The Morgan fingerprint density at radius 2 is 2.12 bits per heavy atom. The number of hydrogen-bond acceptors (Lipinski definition) is 4. The minimum Gasteiger partial charge on any atom is -0.478 e. The zero-order chi connectivity index (χ0) is 16.9. The summed E-state index contributed by atoms with van der Waals surface area (Å²) in [5.74, 6) is -1.06. The van der Waals surface area contributed by atoms with Crippen LogP contribution >= 0.6 is 11.8 Å². The Morgan fingerprint density at radius 3 is 2.92 bits per heavy atom. The fraction of sp³-hybridized carbons (Fsp3) is 0.263. The molecule has 122 valence electrons. The lowest BCUT2D eigenvalue weighted by Gasteiger charge is -2.42. The maximum atomic E-state index is 10.7. The van der Waals surface area contributed by atoms with E-state index in [4.69, 9.17) is 10.4 Å². The molecule has 1 aliphatic carbocycles. The lowest BCUT2D eigenvalue weighted by atomic mass is 10.0. The topological polar surface area (TPSA) is 64.3 Å². The third kappa shape index (κ3) is 3.55. The van der Waals surface area contributed by atoms with Crippen LogP contribution in [-0.4, -0.2) is 28.9 Å². The van der Waals surface area contributed by atoms with E-state index in [2.05, 4.69) is 47.4 Å². The van der Waals surface area contributed by atoms with Crippen molar-refractivity contribution in [1.82, 2.24) is 0 Å². The molecular formula is C19H18N2O2S. The van der Waals surface area contributed by atoms with Crippen LogP contribution in [0.2, 0.25) is 0 Å². The quantitative estimate of drug-likeness (QED) is 0.654. The highest BCUT2D eigenvalue weighted by atomic mass is 32.2. The van der Waals surface area contributed by atoms with Crippen molar-refractivity contribution in [3.63, 3.8) is 0 Å². The van der Waals surface area contributed by atoms with Crippen LogP contribution in [-0.2, 0) is 4.79 Å². The molecule has 0 radical (unpaired) electrons. The summed E-state index contributed by atoms with van der Waals surface area (Å²) < 4.78 is 0. The van der Waals surface area contributed by atoms with E-state index in [1.54, 1.807) is 0 Å². The molecule has 1 aromatic rings. The average Bonchev–Trinajstić information content (AvgIpc) is 2.59. The Bertz CT molecular complexity index is 761. The van der Waals surface area contributed by atoms with E-state index in [9.17, 15) is 4.79 Å². The first kappa shape index (κ1) is 16.4. The second-order valence-corrected chi connectivity index (χ2v) is 6.95. The molecule has 1 heterocycles. The zero-order valence-electron chi connectivity index (χ0n) is 13.1. The molecular weight excluding hydrogens is 320 g/mol. The van der Waals surface area contributed by atoms with E-state index in [1.807, 2.05) is 23.9 Å². The monoisotopic (exact) mass is 338 g/mol. The first-order chi connectivity index (χ1) is 11.7. The van der Waals surface area contributed by atoms with E-state index in [-0.39, 0.29) is 0 Å². The summed E-state index contributed by atoms with van der Waals surface area (Å²) >= 11 is 1.88. The first-order valence-electron chi connectivity index (χ1n) is 7.90. The second kappa shape index (κ2) is 7.41. The molecule has 1 aliphatic heterocycles. The highest BCUT2D eigenvalue weighted by molar-refractivity contribution is 8.00. The Morgan fingerprint density at radius 1 is 1.33 bits per heavy atom. The van der Waals surface area contributed by atoms with Crippen molar-refractivity contribution in [1.29, 1.82) is 5.26 Å². The molecule has 0 aromatic heterocycles. The molecule has 24 heavy (non-hydrogen) atoms. The third-order valence-corrected chi connectivity index (χ3v) is 5.45. The number of para-hydroxylation sites is 1. The van der Waals surface area contributed by atoms with Crippen molar-refractivity contribution in [2.75, 3.05) is 11.4 Å². The lowest BCUT2D eigenvalue weighted by molar-refractivity contribution is -0.131. The van der Waals surface area contributed by atoms with Crippen LogP contribution in [0.25, 0.3) is 0 Å². The molecule has 0 saturated heterocycles. The Labute approximate surface area is 145 Å². The number of nitriles is 1. The number of rotatable bonds is 5. The largest absolute Gasteiger partial charge is 0.478 e. The fourth-order valence-electron chi connectivity index (χ4n) is 3.09. The van der Waals surface area contributed by atoms with E-state index in [1.165, 1.54) is 10.6 Å². The van der Waals surface area contributed by atoms with Crippen LogP contribution in [0.3, 0.4) is 0 Å². The predicted octanol–water partition coefficient (Wildman–Crippen LogP) is 3.78. The van der Waals surface area contributed by atoms with Gasteiger partial charge in [-0.2, -0.15) is 5.26 Å². The minimum atomic E-state index is -1.06. The van der Waals surface area contributed by atoms with Gasteiger partial charge in [0.2, 0.25) is 0 Å². The molecule has 0 spiro atoms. The zero-order valence-corrected chi connectivity index (χ0v) is 13.9.